The molecule has 1 fully saturated rings. The topological polar surface area (TPSA) is 68.9 Å². The SMILES string of the molecule is Cc1c(C(C)Nc2nn(C)c(=O)c3c(Br)c(=O)n(C4CC4)cc23)cccc1C(F)(F)F. The molecule has 0 amide bonds. The average Bonchev–Trinajstić information content (AvgIpc) is 3.52. The Kier molecular flexibility index (Phi) is 5.23. The Morgan fingerprint density at radius 3 is 2.52 bits per heavy atom. The average molecular weight is 497 g/mol. The van der Waals surface area contributed by atoms with Crippen molar-refractivity contribution in [1.29, 1.82) is 0 Å². The molecule has 1 N–H and O–H groups in total. The molecule has 0 spiro atoms. The summed E-state index contributed by atoms with van der Waals surface area (Å²) in [6.45, 7) is 3.16. The summed E-state index contributed by atoms with van der Waals surface area (Å²) in [5, 5.41) is 8.07. The van der Waals surface area contributed by atoms with Gasteiger partial charge < -0.3 is 9.88 Å². The lowest BCUT2D eigenvalue weighted by Gasteiger charge is -2.21. The second kappa shape index (κ2) is 7.51. The molecular weight excluding hydrogens is 477 g/mol. The smallest absolute Gasteiger partial charge is 0.362 e. The molecule has 2 aromatic heterocycles. The fourth-order valence-corrected chi connectivity index (χ4v) is 4.43. The maximum absolute atomic E-state index is 13.3. The van der Waals surface area contributed by atoms with E-state index in [4.69, 9.17) is 0 Å². The molecule has 164 valence electrons. The van der Waals surface area contributed by atoms with Gasteiger partial charge in [0.15, 0.2) is 5.82 Å². The first kappa shape index (κ1) is 21.6. The number of anilines is 1. The van der Waals surface area contributed by atoms with Gasteiger partial charge in [-0.3, -0.25) is 9.59 Å². The monoisotopic (exact) mass is 496 g/mol. The normalized spacial score (nSPS) is 15.3. The second-order valence-corrected chi connectivity index (χ2v) is 8.63. The van der Waals surface area contributed by atoms with Gasteiger partial charge in [0.05, 0.1) is 21.5 Å². The molecule has 1 unspecified atom stereocenters. The number of aryl methyl sites for hydroxylation is 1. The van der Waals surface area contributed by atoms with Crippen LogP contribution < -0.4 is 16.4 Å². The van der Waals surface area contributed by atoms with Gasteiger partial charge in [0.25, 0.3) is 11.1 Å². The van der Waals surface area contributed by atoms with Crippen molar-refractivity contribution in [3.8, 4) is 0 Å². The lowest BCUT2D eigenvalue weighted by Crippen LogP contribution is -2.27. The predicted octanol–water partition coefficient (Wildman–Crippen LogP) is 4.69. The summed E-state index contributed by atoms with van der Waals surface area (Å²) in [5.74, 6) is 0.316. The third kappa shape index (κ3) is 3.77. The number of hydrogen-bond acceptors (Lipinski definition) is 4. The second-order valence-electron chi connectivity index (χ2n) is 7.84. The van der Waals surface area contributed by atoms with Crippen molar-refractivity contribution in [3.05, 3.63) is 66.3 Å². The van der Waals surface area contributed by atoms with Crippen LogP contribution in [0.25, 0.3) is 10.8 Å². The maximum atomic E-state index is 13.3. The summed E-state index contributed by atoms with van der Waals surface area (Å²) in [6.07, 6.45) is -1.09. The van der Waals surface area contributed by atoms with Gasteiger partial charge in [-0.05, 0) is 59.8 Å². The van der Waals surface area contributed by atoms with E-state index in [2.05, 4.69) is 26.3 Å². The zero-order valence-electron chi connectivity index (χ0n) is 17.0. The lowest BCUT2D eigenvalue weighted by molar-refractivity contribution is -0.138. The third-order valence-corrected chi connectivity index (χ3v) is 6.37. The predicted molar refractivity (Wildman–Crippen MR) is 115 cm³/mol. The Morgan fingerprint density at radius 2 is 1.90 bits per heavy atom. The van der Waals surface area contributed by atoms with Crippen LogP contribution in [-0.4, -0.2) is 14.3 Å². The fraction of sp³-hybridized carbons (Fsp3) is 0.381. The van der Waals surface area contributed by atoms with E-state index in [0.29, 0.717) is 16.8 Å². The molecule has 2 heterocycles. The number of alkyl halides is 3. The summed E-state index contributed by atoms with van der Waals surface area (Å²) >= 11 is 3.27. The summed E-state index contributed by atoms with van der Waals surface area (Å²) < 4.78 is 42.8. The van der Waals surface area contributed by atoms with E-state index in [-0.39, 0.29) is 27.0 Å². The molecule has 1 aliphatic carbocycles. The van der Waals surface area contributed by atoms with E-state index >= 15 is 0 Å². The molecule has 0 aliphatic heterocycles. The molecule has 1 atom stereocenters. The number of benzene rings is 1. The minimum atomic E-state index is -4.45. The van der Waals surface area contributed by atoms with Gasteiger partial charge in [-0.25, -0.2) is 4.68 Å². The van der Waals surface area contributed by atoms with Crippen LogP contribution in [0.5, 0.6) is 0 Å². The van der Waals surface area contributed by atoms with Crippen LogP contribution >= 0.6 is 15.9 Å². The van der Waals surface area contributed by atoms with Crippen LogP contribution in [0.3, 0.4) is 0 Å². The summed E-state index contributed by atoms with van der Waals surface area (Å²) in [7, 11) is 1.46. The van der Waals surface area contributed by atoms with Crippen LogP contribution in [0, 0.1) is 6.92 Å². The number of fused-ring (bicyclic) bond motifs is 1. The molecule has 6 nitrogen and oxygen atoms in total. The van der Waals surface area contributed by atoms with Crippen molar-refractivity contribution in [2.24, 2.45) is 7.05 Å². The molecule has 3 aromatic rings. The number of hydrogen-bond donors (Lipinski definition) is 1. The largest absolute Gasteiger partial charge is 0.416 e. The van der Waals surface area contributed by atoms with Crippen LogP contribution in [0.15, 0.2) is 38.5 Å². The molecule has 0 radical (unpaired) electrons. The Morgan fingerprint density at radius 1 is 1.23 bits per heavy atom. The Balaban J connectivity index is 1.85. The van der Waals surface area contributed by atoms with Crippen molar-refractivity contribution in [1.82, 2.24) is 14.3 Å². The quantitative estimate of drug-likeness (QED) is 0.568. The number of aromatic nitrogens is 3. The molecule has 1 saturated carbocycles. The number of rotatable bonds is 4. The Hall–Kier alpha value is -2.62. The van der Waals surface area contributed by atoms with Crippen molar-refractivity contribution in [2.45, 2.75) is 44.9 Å². The third-order valence-electron chi connectivity index (χ3n) is 5.63. The highest BCUT2D eigenvalue weighted by atomic mass is 79.9. The fourth-order valence-electron chi connectivity index (χ4n) is 3.84. The van der Waals surface area contributed by atoms with Gasteiger partial charge in [0.2, 0.25) is 0 Å². The van der Waals surface area contributed by atoms with E-state index in [1.54, 1.807) is 23.8 Å². The summed E-state index contributed by atoms with van der Waals surface area (Å²) in [6, 6.07) is 3.60. The van der Waals surface area contributed by atoms with Gasteiger partial charge in [-0.1, -0.05) is 12.1 Å². The van der Waals surface area contributed by atoms with Crippen molar-refractivity contribution >= 4 is 32.5 Å². The highest BCUT2D eigenvalue weighted by Gasteiger charge is 2.33. The van der Waals surface area contributed by atoms with Gasteiger partial charge in [0.1, 0.15) is 0 Å². The van der Waals surface area contributed by atoms with E-state index < -0.39 is 23.3 Å². The molecule has 0 bridgehead atoms. The number of pyridine rings is 1. The number of nitrogens with one attached hydrogen (secondary N) is 1. The minimum absolute atomic E-state index is 0.0771. The Labute approximate surface area is 183 Å². The zero-order valence-corrected chi connectivity index (χ0v) is 18.6. The maximum Gasteiger partial charge on any atom is 0.416 e. The van der Waals surface area contributed by atoms with Crippen LogP contribution in [0.2, 0.25) is 0 Å². The lowest BCUT2D eigenvalue weighted by atomic mass is 9.97. The number of halogens is 4. The molecule has 1 aromatic carbocycles. The van der Waals surface area contributed by atoms with Gasteiger partial charge in [0, 0.05) is 24.7 Å². The standard InChI is InChI=1S/C21H20BrF3N4O2/c1-10-13(5-4-6-15(10)21(23,24)25)11(2)26-18-14-9-29(12-7-8-12)20(31)17(22)16(14)19(30)28(3)27-18/h4-6,9,11-12H,7-8H2,1-3H3,(H,26,27). The van der Waals surface area contributed by atoms with E-state index in [9.17, 15) is 22.8 Å². The molecule has 10 heteroatoms. The molecule has 4 rings (SSSR count). The van der Waals surface area contributed by atoms with Crippen molar-refractivity contribution in [2.75, 3.05) is 5.32 Å². The van der Waals surface area contributed by atoms with Crippen LogP contribution in [0.4, 0.5) is 19.0 Å². The van der Waals surface area contributed by atoms with Gasteiger partial charge in [-0.15, -0.1) is 0 Å². The summed E-state index contributed by atoms with van der Waals surface area (Å²) in [5.41, 5.74) is -0.822. The minimum Gasteiger partial charge on any atom is -0.362 e. The van der Waals surface area contributed by atoms with Crippen LogP contribution in [-0.2, 0) is 13.2 Å². The summed E-state index contributed by atoms with van der Waals surface area (Å²) in [4.78, 5) is 25.4. The van der Waals surface area contributed by atoms with E-state index in [1.807, 2.05) is 0 Å². The van der Waals surface area contributed by atoms with E-state index in [0.717, 1.165) is 23.6 Å². The molecule has 1 aliphatic rings. The first-order valence-corrected chi connectivity index (χ1v) is 10.5. The molecule has 0 saturated heterocycles. The molecular formula is C21H20BrF3N4O2. The first-order valence-electron chi connectivity index (χ1n) is 9.75. The van der Waals surface area contributed by atoms with Crippen LogP contribution in [0.1, 0.15) is 48.5 Å². The highest BCUT2D eigenvalue weighted by molar-refractivity contribution is 9.10. The molecule has 31 heavy (non-hydrogen) atoms. The zero-order chi connectivity index (χ0) is 22.7. The van der Waals surface area contributed by atoms with Gasteiger partial charge >= 0.3 is 6.18 Å². The van der Waals surface area contributed by atoms with Gasteiger partial charge in [-0.2, -0.15) is 18.3 Å². The first-order chi connectivity index (χ1) is 14.5. The van der Waals surface area contributed by atoms with E-state index in [1.165, 1.54) is 20.0 Å². The highest BCUT2D eigenvalue weighted by Crippen LogP contribution is 2.37. The van der Waals surface area contributed by atoms with Crippen molar-refractivity contribution in [3.63, 3.8) is 0 Å². The number of nitrogens with zero attached hydrogens (tertiary/aromatic N) is 3. The Bertz CT molecular complexity index is 1310. The van der Waals surface area contributed by atoms with Crippen molar-refractivity contribution < 1.29 is 13.2 Å².